The molecule has 0 unspecified atom stereocenters. The molecular formula is C20H20N4O2. The van der Waals surface area contributed by atoms with E-state index < -0.39 is 0 Å². The molecule has 0 aliphatic carbocycles. The minimum atomic E-state index is -0.227. The summed E-state index contributed by atoms with van der Waals surface area (Å²) in [7, 11) is 1.64. The number of H-pyrrole nitrogens is 1. The number of pyridine rings is 1. The van der Waals surface area contributed by atoms with Crippen LogP contribution >= 0.6 is 0 Å². The molecular weight excluding hydrogens is 328 g/mol. The van der Waals surface area contributed by atoms with Gasteiger partial charge in [-0.1, -0.05) is 13.0 Å². The highest BCUT2D eigenvalue weighted by atomic mass is 16.5. The third-order valence-corrected chi connectivity index (χ3v) is 4.66. The summed E-state index contributed by atoms with van der Waals surface area (Å²) in [5.74, 6) is 0.760. The second-order valence-corrected chi connectivity index (χ2v) is 6.25. The number of carbonyl (C=O) groups excluding carboxylic acids is 1. The van der Waals surface area contributed by atoms with Crippen LogP contribution in [0.3, 0.4) is 0 Å². The Morgan fingerprint density at radius 1 is 1.19 bits per heavy atom. The summed E-state index contributed by atoms with van der Waals surface area (Å²) in [5, 5.41) is 7.39. The molecule has 4 rings (SSSR count). The number of aromatic nitrogens is 3. The van der Waals surface area contributed by atoms with E-state index in [2.05, 4.69) is 22.1 Å². The first-order valence-corrected chi connectivity index (χ1v) is 8.69. The van der Waals surface area contributed by atoms with Crippen molar-refractivity contribution in [2.45, 2.75) is 19.4 Å². The smallest absolute Gasteiger partial charge is 0.273 e. The molecule has 6 heteroatoms. The molecule has 1 amide bonds. The average molecular weight is 348 g/mol. The molecule has 1 aliphatic heterocycles. The van der Waals surface area contributed by atoms with E-state index in [4.69, 9.17) is 4.74 Å². The summed E-state index contributed by atoms with van der Waals surface area (Å²) in [5.41, 5.74) is 4.03. The molecule has 3 heterocycles. The predicted molar refractivity (Wildman–Crippen MR) is 98.0 cm³/mol. The normalized spacial score (nSPS) is 16.0. The number of hydrogen-bond donors (Lipinski definition) is 1. The number of amides is 1. The molecule has 26 heavy (non-hydrogen) atoms. The second kappa shape index (κ2) is 6.63. The van der Waals surface area contributed by atoms with Crippen molar-refractivity contribution in [1.29, 1.82) is 0 Å². The van der Waals surface area contributed by atoms with Crippen molar-refractivity contribution in [3.05, 3.63) is 65.6 Å². The van der Waals surface area contributed by atoms with Crippen LogP contribution in [0.1, 0.15) is 41.1 Å². The zero-order chi connectivity index (χ0) is 18.1. The van der Waals surface area contributed by atoms with E-state index in [1.54, 1.807) is 13.3 Å². The Hall–Kier alpha value is -3.15. The highest BCUT2D eigenvalue weighted by Gasteiger charge is 2.42. The molecule has 2 aromatic heterocycles. The quantitative estimate of drug-likeness (QED) is 0.767. The van der Waals surface area contributed by atoms with Crippen LogP contribution in [-0.2, 0) is 0 Å². The lowest BCUT2D eigenvalue weighted by Crippen LogP contribution is -2.30. The molecule has 3 aromatic rings. The molecule has 1 aliphatic rings. The molecule has 1 N–H and O–H groups in total. The van der Waals surface area contributed by atoms with Crippen LogP contribution in [-0.4, -0.2) is 39.6 Å². The molecule has 0 saturated heterocycles. The van der Waals surface area contributed by atoms with Crippen LogP contribution in [0.4, 0.5) is 0 Å². The van der Waals surface area contributed by atoms with Crippen molar-refractivity contribution >= 4 is 5.91 Å². The van der Waals surface area contributed by atoms with E-state index in [1.165, 1.54) is 0 Å². The molecule has 1 atom stereocenters. The number of nitrogens with zero attached hydrogens (tertiary/aromatic N) is 3. The average Bonchev–Trinajstić information content (AvgIpc) is 3.23. The summed E-state index contributed by atoms with van der Waals surface area (Å²) >= 11 is 0. The summed E-state index contributed by atoms with van der Waals surface area (Å²) in [6.07, 6.45) is 2.64. The third kappa shape index (κ3) is 2.54. The molecule has 0 saturated carbocycles. The van der Waals surface area contributed by atoms with Gasteiger partial charge in [-0.3, -0.25) is 14.9 Å². The Morgan fingerprint density at radius 3 is 2.65 bits per heavy atom. The van der Waals surface area contributed by atoms with Crippen LogP contribution in [0, 0.1) is 0 Å². The van der Waals surface area contributed by atoms with Gasteiger partial charge in [0.25, 0.3) is 5.91 Å². The standard InChI is InChI=1S/C20H20N4O2/c1-3-12-24-19(15-6-4-5-11-21-15)16-17(22-23-18(16)20(24)25)13-7-9-14(26-2)10-8-13/h4-11,19H,3,12H2,1-2H3,(H,22,23)/t19-/m1/s1. The fourth-order valence-corrected chi connectivity index (χ4v) is 3.48. The van der Waals surface area contributed by atoms with Gasteiger partial charge in [-0.2, -0.15) is 5.10 Å². The van der Waals surface area contributed by atoms with Crippen molar-refractivity contribution in [1.82, 2.24) is 20.1 Å². The van der Waals surface area contributed by atoms with Gasteiger partial charge in [-0.15, -0.1) is 0 Å². The largest absolute Gasteiger partial charge is 0.497 e. The van der Waals surface area contributed by atoms with Crippen molar-refractivity contribution < 1.29 is 9.53 Å². The van der Waals surface area contributed by atoms with Crippen LogP contribution in [0.2, 0.25) is 0 Å². The first-order chi connectivity index (χ1) is 12.7. The first kappa shape index (κ1) is 16.3. The molecule has 132 valence electrons. The van der Waals surface area contributed by atoms with Crippen molar-refractivity contribution in [3.8, 4) is 17.0 Å². The maximum absolute atomic E-state index is 12.9. The van der Waals surface area contributed by atoms with Gasteiger partial charge in [0.15, 0.2) is 0 Å². The maximum Gasteiger partial charge on any atom is 0.273 e. The number of fused-ring (bicyclic) bond motifs is 1. The fraction of sp³-hybridized carbons (Fsp3) is 0.250. The van der Waals surface area contributed by atoms with Crippen molar-refractivity contribution in [2.75, 3.05) is 13.7 Å². The predicted octanol–water partition coefficient (Wildman–Crippen LogP) is 3.44. The zero-order valence-electron chi connectivity index (χ0n) is 14.8. The monoisotopic (exact) mass is 348 g/mol. The Morgan fingerprint density at radius 2 is 2.00 bits per heavy atom. The summed E-state index contributed by atoms with van der Waals surface area (Å²) in [6.45, 7) is 2.74. The first-order valence-electron chi connectivity index (χ1n) is 8.69. The Kier molecular flexibility index (Phi) is 4.16. The Labute approximate surface area is 151 Å². The van der Waals surface area contributed by atoms with Gasteiger partial charge in [0, 0.05) is 23.9 Å². The molecule has 6 nitrogen and oxygen atoms in total. The number of carbonyl (C=O) groups is 1. The van der Waals surface area contributed by atoms with E-state index in [-0.39, 0.29) is 11.9 Å². The van der Waals surface area contributed by atoms with E-state index in [1.807, 2.05) is 47.4 Å². The third-order valence-electron chi connectivity index (χ3n) is 4.66. The summed E-state index contributed by atoms with van der Waals surface area (Å²) in [6, 6.07) is 13.3. The fourth-order valence-electron chi connectivity index (χ4n) is 3.48. The van der Waals surface area contributed by atoms with Gasteiger partial charge < -0.3 is 9.64 Å². The van der Waals surface area contributed by atoms with Crippen LogP contribution in [0.25, 0.3) is 11.3 Å². The number of rotatable bonds is 5. The van der Waals surface area contributed by atoms with Gasteiger partial charge in [-0.05, 0) is 42.8 Å². The van der Waals surface area contributed by atoms with Gasteiger partial charge in [0.2, 0.25) is 0 Å². The number of nitrogens with one attached hydrogen (secondary N) is 1. The van der Waals surface area contributed by atoms with E-state index in [0.717, 1.165) is 34.7 Å². The lowest BCUT2D eigenvalue weighted by molar-refractivity contribution is 0.0741. The minimum absolute atomic E-state index is 0.0234. The van der Waals surface area contributed by atoms with Crippen LogP contribution < -0.4 is 4.74 Å². The van der Waals surface area contributed by atoms with Gasteiger partial charge in [0.1, 0.15) is 17.5 Å². The number of methoxy groups -OCH3 is 1. The number of hydrogen-bond acceptors (Lipinski definition) is 4. The van der Waals surface area contributed by atoms with E-state index in [9.17, 15) is 4.79 Å². The highest BCUT2D eigenvalue weighted by molar-refractivity contribution is 6.00. The lowest BCUT2D eigenvalue weighted by Gasteiger charge is -2.25. The maximum atomic E-state index is 12.9. The topological polar surface area (TPSA) is 71.1 Å². The number of ether oxygens (including phenoxy) is 1. The minimum Gasteiger partial charge on any atom is -0.497 e. The Balaban J connectivity index is 1.85. The number of aromatic amines is 1. The van der Waals surface area contributed by atoms with E-state index in [0.29, 0.717) is 12.2 Å². The lowest BCUT2D eigenvalue weighted by atomic mass is 9.99. The van der Waals surface area contributed by atoms with Crippen LogP contribution in [0.15, 0.2) is 48.7 Å². The molecule has 0 radical (unpaired) electrons. The molecule has 0 fully saturated rings. The van der Waals surface area contributed by atoms with Crippen molar-refractivity contribution in [2.24, 2.45) is 0 Å². The summed E-state index contributed by atoms with van der Waals surface area (Å²) in [4.78, 5) is 19.3. The summed E-state index contributed by atoms with van der Waals surface area (Å²) < 4.78 is 5.24. The molecule has 1 aromatic carbocycles. The SMILES string of the molecule is CCCN1C(=O)c2[nH]nc(-c3ccc(OC)cc3)c2[C@H]1c1ccccn1. The molecule has 0 bridgehead atoms. The van der Waals surface area contributed by atoms with E-state index >= 15 is 0 Å². The van der Waals surface area contributed by atoms with Gasteiger partial charge in [-0.25, -0.2) is 0 Å². The highest BCUT2D eigenvalue weighted by Crippen LogP contribution is 2.42. The number of benzene rings is 1. The molecule has 0 spiro atoms. The van der Waals surface area contributed by atoms with Crippen molar-refractivity contribution in [3.63, 3.8) is 0 Å². The van der Waals surface area contributed by atoms with Gasteiger partial charge in [0.05, 0.1) is 18.5 Å². The van der Waals surface area contributed by atoms with Gasteiger partial charge >= 0.3 is 0 Å². The zero-order valence-corrected chi connectivity index (χ0v) is 14.8. The second-order valence-electron chi connectivity index (χ2n) is 6.25. The van der Waals surface area contributed by atoms with Crippen LogP contribution in [0.5, 0.6) is 5.75 Å². The Bertz CT molecular complexity index is 919.